The number of nitrogens with one attached hydrogen (secondary N) is 1. The molecule has 3 aromatic heterocycles. The van der Waals surface area contributed by atoms with Crippen molar-refractivity contribution in [3.8, 4) is 34.5 Å². The topological polar surface area (TPSA) is 147 Å². The largest absolute Gasteiger partial charge is 0.435 e. The van der Waals surface area contributed by atoms with E-state index in [1.54, 1.807) is 12.1 Å². The van der Waals surface area contributed by atoms with Crippen molar-refractivity contribution < 1.29 is 9.47 Å². The van der Waals surface area contributed by atoms with Crippen LogP contribution in [0.1, 0.15) is 11.3 Å². The van der Waals surface area contributed by atoms with Crippen LogP contribution in [0.4, 0.5) is 17.5 Å². The first kappa shape index (κ1) is 18.6. The van der Waals surface area contributed by atoms with Crippen molar-refractivity contribution in [1.82, 2.24) is 24.9 Å². The molecular weight excluding hydrogens is 396 g/mol. The van der Waals surface area contributed by atoms with Crippen LogP contribution >= 0.6 is 0 Å². The number of fused-ring (bicyclic) bond motifs is 3. The van der Waals surface area contributed by atoms with Crippen molar-refractivity contribution in [3.05, 3.63) is 60.2 Å². The quantitative estimate of drug-likeness (QED) is 0.392. The summed E-state index contributed by atoms with van der Waals surface area (Å²) >= 11 is 0. The van der Waals surface area contributed by atoms with Gasteiger partial charge < -0.3 is 26.3 Å². The standard InChI is InChI=1S/C21H18N8O2/c1-24-15-4-2-3-13-14(15)7-16-18(13)19(30-12-9-26-20(23)27-10-12)29-21(28-16)31-11-5-6-17(22)25-8-11/h2-6,8-10,24H,7H2,1H3,(H2,22,25)(H2,23,26,27). The highest BCUT2D eigenvalue weighted by atomic mass is 16.5. The fraction of sp³-hybridized carbons (Fsp3) is 0.0952. The minimum atomic E-state index is 0.135. The van der Waals surface area contributed by atoms with Gasteiger partial charge in [-0.1, -0.05) is 12.1 Å². The summed E-state index contributed by atoms with van der Waals surface area (Å²) in [5.41, 5.74) is 15.9. The Hall–Kier alpha value is -4.47. The third kappa shape index (κ3) is 3.50. The molecule has 1 aliphatic rings. The summed E-state index contributed by atoms with van der Waals surface area (Å²) in [5, 5.41) is 3.22. The lowest BCUT2D eigenvalue weighted by molar-refractivity contribution is 0.409. The molecule has 0 atom stereocenters. The number of rotatable bonds is 5. The number of hydrogen-bond acceptors (Lipinski definition) is 10. The summed E-state index contributed by atoms with van der Waals surface area (Å²) in [4.78, 5) is 21.1. The van der Waals surface area contributed by atoms with E-state index in [-0.39, 0.29) is 12.0 Å². The smallest absolute Gasteiger partial charge is 0.325 e. The summed E-state index contributed by atoms with van der Waals surface area (Å²) in [7, 11) is 1.88. The van der Waals surface area contributed by atoms with Crippen LogP contribution in [0.25, 0.3) is 11.1 Å². The fourth-order valence-electron chi connectivity index (χ4n) is 3.44. The van der Waals surface area contributed by atoms with Gasteiger partial charge in [0.05, 0.1) is 29.8 Å². The average molecular weight is 414 g/mol. The van der Waals surface area contributed by atoms with E-state index in [0.717, 1.165) is 28.1 Å². The molecule has 0 spiro atoms. The summed E-state index contributed by atoms with van der Waals surface area (Å²) in [6.45, 7) is 0. The van der Waals surface area contributed by atoms with Gasteiger partial charge in [0, 0.05) is 19.2 Å². The third-order valence-electron chi connectivity index (χ3n) is 4.82. The van der Waals surface area contributed by atoms with Crippen molar-refractivity contribution in [2.24, 2.45) is 0 Å². The highest BCUT2D eigenvalue weighted by Gasteiger charge is 2.29. The molecule has 5 N–H and O–H groups in total. The van der Waals surface area contributed by atoms with Gasteiger partial charge in [-0.15, -0.1) is 0 Å². The number of nitrogen functional groups attached to an aromatic ring is 2. The lowest BCUT2D eigenvalue weighted by Crippen LogP contribution is -2.01. The van der Waals surface area contributed by atoms with Crippen molar-refractivity contribution in [1.29, 1.82) is 0 Å². The minimum Gasteiger partial charge on any atom is -0.435 e. The molecule has 10 heteroatoms. The van der Waals surface area contributed by atoms with Crippen molar-refractivity contribution in [2.45, 2.75) is 6.42 Å². The van der Waals surface area contributed by atoms with E-state index >= 15 is 0 Å². The van der Waals surface area contributed by atoms with Crippen LogP contribution in [-0.2, 0) is 6.42 Å². The maximum atomic E-state index is 6.04. The van der Waals surface area contributed by atoms with Crippen molar-refractivity contribution in [3.63, 3.8) is 0 Å². The summed E-state index contributed by atoms with van der Waals surface area (Å²) < 4.78 is 11.9. The number of pyridine rings is 1. The Morgan fingerprint density at radius 1 is 0.903 bits per heavy atom. The van der Waals surface area contributed by atoms with Gasteiger partial charge in [0.15, 0.2) is 5.75 Å². The van der Waals surface area contributed by atoms with Gasteiger partial charge in [-0.3, -0.25) is 0 Å². The maximum Gasteiger partial charge on any atom is 0.325 e. The third-order valence-corrected chi connectivity index (χ3v) is 4.82. The van der Waals surface area contributed by atoms with Crippen LogP contribution < -0.4 is 26.3 Å². The molecule has 0 amide bonds. The molecule has 0 aliphatic heterocycles. The molecule has 0 fully saturated rings. The molecule has 4 aromatic rings. The second-order valence-electron chi connectivity index (χ2n) is 6.79. The Kier molecular flexibility index (Phi) is 4.43. The molecule has 5 rings (SSSR count). The minimum absolute atomic E-state index is 0.135. The van der Waals surface area contributed by atoms with Crippen LogP contribution in [0.5, 0.6) is 23.4 Å². The number of nitrogens with zero attached hydrogens (tertiary/aromatic N) is 5. The number of ether oxygens (including phenoxy) is 2. The number of anilines is 3. The van der Waals surface area contributed by atoms with Crippen LogP contribution in [0.3, 0.4) is 0 Å². The Bertz CT molecular complexity index is 1260. The highest BCUT2D eigenvalue weighted by molar-refractivity contribution is 5.84. The number of aromatic nitrogens is 5. The normalized spacial score (nSPS) is 11.5. The van der Waals surface area contributed by atoms with Gasteiger partial charge in [0.1, 0.15) is 11.6 Å². The molecule has 1 aliphatic carbocycles. The van der Waals surface area contributed by atoms with Gasteiger partial charge in [-0.2, -0.15) is 9.97 Å². The van der Waals surface area contributed by atoms with Crippen LogP contribution in [0, 0.1) is 0 Å². The van der Waals surface area contributed by atoms with Crippen LogP contribution in [-0.4, -0.2) is 32.0 Å². The number of nitrogens with two attached hydrogens (primary N) is 2. The van der Waals surface area contributed by atoms with Gasteiger partial charge in [-0.05, 0) is 29.3 Å². The first-order valence-corrected chi connectivity index (χ1v) is 9.46. The zero-order chi connectivity index (χ0) is 21.4. The second-order valence-corrected chi connectivity index (χ2v) is 6.79. The van der Waals surface area contributed by atoms with Crippen LogP contribution in [0.2, 0.25) is 0 Å². The monoisotopic (exact) mass is 414 g/mol. The van der Waals surface area contributed by atoms with E-state index in [2.05, 4.69) is 30.2 Å². The van der Waals surface area contributed by atoms with Crippen LogP contribution in [0.15, 0.2) is 48.9 Å². The Balaban J connectivity index is 1.60. The molecule has 0 bridgehead atoms. The Morgan fingerprint density at radius 2 is 1.71 bits per heavy atom. The Morgan fingerprint density at radius 3 is 2.45 bits per heavy atom. The summed E-state index contributed by atoms with van der Waals surface area (Å²) in [6, 6.07) is 9.48. The van der Waals surface area contributed by atoms with Gasteiger partial charge in [0.25, 0.3) is 0 Å². The fourth-order valence-corrected chi connectivity index (χ4v) is 3.44. The van der Waals surface area contributed by atoms with E-state index in [4.69, 9.17) is 20.9 Å². The highest BCUT2D eigenvalue weighted by Crippen LogP contribution is 2.45. The molecule has 0 saturated carbocycles. The number of hydrogen-bond donors (Lipinski definition) is 3. The molecule has 10 nitrogen and oxygen atoms in total. The molecule has 0 radical (unpaired) electrons. The van der Waals surface area contributed by atoms with E-state index in [9.17, 15) is 0 Å². The lowest BCUT2D eigenvalue weighted by Gasteiger charge is -2.12. The number of benzene rings is 1. The molecule has 154 valence electrons. The molecule has 31 heavy (non-hydrogen) atoms. The molecule has 0 unspecified atom stereocenters. The summed E-state index contributed by atoms with van der Waals surface area (Å²) in [5.74, 6) is 1.74. The summed E-state index contributed by atoms with van der Waals surface area (Å²) in [6.07, 6.45) is 5.09. The van der Waals surface area contributed by atoms with Gasteiger partial charge >= 0.3 is 6.01 Å². The first-order valence-electron chi connectivity index (χ1n) is 9.46. The predicted molar refractivity (Wildman–Crippen MR) is 115 cm³/mol. The molecular formula is C21H18N8O2. The zero-order valence-corrected chi connectivity index (χ0v) is 16.5. The molecule has 1 aromatic carbocycles. The van der Waals surface area contributed by atoms with E-state index in [0.29, 0.717) is 29.6 Å². The molecule has 0 saturated heterocycles. The van der Waals surface area contributed by atoms with E-state index < -0.39 is 0 Å². The van der Waals surface area contributed by atoms with Gasteiger partial charge in [-0.25, -0.2) is 15.0 Å². The first-order chi connectivity index (χ1) is 15.1. The lowest BCUT2D eigenvalue weighted by atomic mass is 10.1. The second kappa shape index (κ2) is 7.41. The van der Waals surface area contributed by atoms with Crippen molar-refractivity contribution in [2.75, 3.05) is 23.8 Å². The average Bonchev–Trinajstić information content (AvgIpc) is 3.16. The maximum absolute atomic E-state index is 6.04. The van der Waals surface area contributed by atoms with E-state index in [1.807, 2.05) is 25.2 Å². The predicted octanol–water partition coefficient (Wildman–Crippen LogP) is 3.02. The van der Waals surface area contributed by atoms with Crippen molar-refractivity contribution >= 4 is 17.5 Å². The molecule has 3 heterocycles. The van der Waals surface area contributed by atoms with Gasteiger partial charge in [0.2, 0.25) is 11.8 Å². The van der Waals surface area contributed by atoms with E-state index in [1.165, 1.54) is 18.6 Å². The Labute approximate surface area is 177 Å². The zero-order valence-electron chi connectivity index (χ0n) is 16.5. The SMILES string of the molecule is CNc1cccc2c1Cc1nc(Oc3ccc(N)nc3)nc(Oc3cnc(N)nc3)c1-2.